The van der Waals surface area contributed by atoms with Gasteiger partial charge >= 0.3 is 6.18 Å². The third kappa shape index (κ3) is 7.03. The van der Waals surface area contributed by atoms with Gasteiger partial charge in [-0.05, 0) is 29.8 Å². The summed E-state index contributed by atoms with van der Waals surface area (Å²) in [4.78, 5) is 16.6. The SMILES string of the molecule is O=C(COc1ccc(C(F)(F)F)cc1)NCCN1CCN(Cc2ccccc2)CC1. The lowest BCUT2D eigenvalue weighted by Gasteiger charge is -2.34. The number of hydrogen-bond acceptors (Lipinski definition) is 4. The second-order valence-corrected chi connectivity index (χ2v) is 7.26. The molecule has 5 nitrogen and oxygen atoms in total. The van der Waals surface area contributed by atoms with Gasteiger partial charge in [0.25, 0.3) is 5.91 Å². The Morgan fingerprint density at radius 2 is 1.57 bits per heavy atom. The van der Waals surface area contributed by atoms with Crippen molar-refractivity contribution in [2.24, 2.45) is 0 Å². The molecule has 0 saturated carbocycles. The molecule has 0 radical (unpaired) electrons. The number of rotatable bonds is 8. The first kappa shape index (κ1) is 22.1. The van der Waals surface area contributed by atoms with Crippen LogP contribution in [0.15, 0.2) is 54.6 Å². The molecule has 1 aliphatic heterocycles. The molecule has 1 amide bonds. The Labute approximate surface area is 174 Å². The van der Waals surface area contributed by atoms with Crippen LogP contribution in [0.1, 0.15) is 11.1 Å². The molecule has 8 heteroatoms. The van der Waals surface area contributed by atoms with Crippen molar-refractivity contribution < 1.29 is 22.7 Å². The number of hydrogen-bond donors (Lipinski definition) is 1. The first-order valence-corrected chi connectivity index (χ1v) is 9.95. The summed E-state index contributed by atoms with van der Waals surface area (Å²) < 4.78 is 42.9. The van der Waals surface area contributed by atoms with Crippen LogP contribution in [0.2, 0.25) is 0 Å². The summed E-state index contributed by atoms with van der Waals surface area (Å²) in [6.07, 6.45) is -4.39. The fraction of sp³-hybridized carbons (Fsp3) is 0.409. The molecule has 2 aromatic carbocycles. The first-order chi connectivity index (χ1) is 14.4. The van der Waals surface area contributed by atoms with Crippen LogP contribution in [0, 0.1) is 0 Å². The number of piperazine rings is 1. The van der Waals surface area contributed by atoms with Crippen molar-refractivity contribution in [2.45, 2.75) is 12.7 Å². The van der Waals surface area contributed by atoms with Crippen LogP contribution >= 0.6 is 0 Å². The smallest absolute Gasteiger partial charge is 0.416 e. The lowest BCUT2D eigenvalue weighted by atomic mass is 10.2. The van der Waals surface area contributed by atoms with Gasteiger partial charge in [0.2, 0.25) is 0 Å². The van der Waals surface area contributed by atoms with Crippen molar-refractivity contribution in [3.8, 4) is 5.75 Å². The zero-order valence-electron chi connectivity index (χ0n) is 16.7. The van der Waals surface area contributed by atoms with E-state index in [4.69, 9.17) is 4.74 Å². The molecule has 2 aromatic rings. The summed E-state index contributed by atoms with van der Waals surface area (Å²) in [6.45, 7) is 5.86. The number of carbonyl (C=O) groups is 1. The third-order valence-corrected chi connectivity index (χ3v) is 5.02. The zero-order valence-corrected chi connectivity index (χ0v) is 16.7. The highest BCUT2D eigenvalue weighted by Crippen LogP contribution is 2.30. The minimum atomic E-state index is -4.39. The number of amides is 1. The maximum Gasteiger partial charge on any atom is 0.416 e. The maximum atomic E-state index is 12.5. The molecule has 1 saturated heterocycles. The summed E-state index contributed by atoms with van der Waals surface area (Å²) in [5.41, 5.74) is 0.564. The van der Waals surface area contributed by atoms with Crippen LogP contribution < -0.4 is 10.1 Å². The lowest BCUT2D eigenvalue weighted by Crippen LogP contribution is -2.48. The molecule has 0 unspecified atom stereocenters. The number of nitrogens with zero attached hydrogens (tertiary/aromatic N) is 2. The fourth-order valence-electron chi connectivity index (χ4n) is 3.31. The predicted molar refractivity (Wildman–Crippen MR) is 108 cm³/mol. The second kappa shape index (κ2) is 10.4. The normalized spacial score (nSPS) is 15.7. The Bertz CT molecular complexity index is 790. The molecule has 0 bridgehead atoms. The van der Waals surface area contributed by atoms with E-state index in [-0.39, 0.29) is 18.3 Å². The number of alkyl halides is 3. The van der Waals surface area contributed by atoms with Crippen LogP contribution in [-0.2, 0) is 17.5 Å². The van der Waals surface area contributed by atoms with Crippen LogP contribution in [-0.4, -0.2) is 61.6 Å². The number of nitrogens with one attached hydrogen (secondary N) is 1. The fourth-order valence-corrected chi connectivity index (χ4v) is 3.31. The van der Waals surface area contributed by atoms with Gasteiger partial charge in [-0.3, -0.25) is 14.6 Å². The monoisotopic (exact) mass is 421 g/mol. The molecule has 1 heterocycles. The van der Waals surface area contributed by atoms with Crippen molar-refractivity contribution >= 4 is 5.91 Å². The quantitative estimate of drug-likeness (QED) is 0.712. The van der Waals surface area contributed by atoms with Crippen molar-refractivity contribution in [3.63, 3.8) is 0 Å². The topological polar surface area (TPSA) is 44.8 Å². The van der Waals surface area contributed by atoms with Gasteiger partial charge in [-0.2, -0.15) is 13.2 Å². The standard InChI is InChI=1S/C22H26F3N3O2/c23-22(24,25)19-6-8-20(9-7-19)30-17-21(29)26-10-11-27-12-14-28(15-13-27)16-18-4-2-1-3-5-18/h1-9H,10-17H2,(H,26,29). The number of benzene rings is 2. The van der Waals surface area contributed by atoms with E-state index in [1.165, 1.54) is 17.7 Å². The molecule has 1 aliphatic rings. The highest BCUT2D eigenvalue weighted by molar-refractivity contribution is 5.77. The predicted octanol–water partition coefficient (Wildman–Crippen LogP) is 3.02. The number of carbonyl (C=O) groups excluding carboxylic acids is 1. The summed E-state index contributed by atoms with van der Waals surface area (Å²) in [6, 6.07) is 14.7. The average Bonchev–Trinajstić information content (AvgIpc) is 2.74. The highest BCUT2D eigenvalue weighted by atomic mass is 19.4. The van der Waals surface area contributed by atoms with Crippen LogP contribution in [0.25, 0.3) is 0 Å². The molecule has 0 aliphatic carbocycles. The average molecular weight is 421 g/mol. The van der Waals surface area contributed by atoms with E-state index < -0.39 is 11.7 Å². The summed E-state index contributed by atoms with van der Waals surface area (Å²) >= 11 is 0. The number of halogens is 3. The van der Waals surface area contributed by atoms with Gasteiger partial charge in [0.1, 0.15) is 5.75 Å². The van der Waals surface area contributed by atoms with Crippen LogP contribution in [0.3, 0.4) is 0 Å². The Morgan fingerprint density at radius 1 is 0.933 bits per heavy atom. The third-order valence-electron chi connectivity index (χ3n) is 5.02. The van der Waals surface area contributed by atoms with Crippen LogP contribution in [0.5, 0.6) is 5.75 Å². The lowest BCUT2D eigenvalue weighted by molar-refractivity contribution is -0.137. The summed E-state index contributed by atoms with van der Waals surface area (Å²) in [5.74, 6) is -0.0645. The van der Waals surface area contributed by atoms with E-state index in [0.29, 0.717) is 6.54 Å². The first-order valence-electron chi connectivity index (χ1n) is 9.95. The van der Waals surface area contributed by atoms with Gasteiger partial charge in [-0.25, -0.2) is 0 Å². The largest absolute Gasteiger partial charge is 0.484 e. The summed E-state index contributed by atoms with van der Waals surface area (Å²) in [7, 11) is 0. The van der Waals surface area contributed by atoms with E-state index in [1.54, 1.807) is 0 Å². The molecule has 0 atom stereocenters. The number of ether oxygens (including phenoxy) is 1. The van der Waals surface area contributed by atoms with Crippen molar-refractivity contribution in [1.82, 2.24) is 15.1 Å². The van der Waals surface area contributed by atoms with Gasteiger partial charge in [0, 0.05) is 45.8 Å². The van der Waals surface area contributed by atoms with E-state index in [1.807, 2.05) is 6.07 Å². The maximum absolute atomic E-state index is 12.5. The molecule has 0 spiro atoms. The van der Waals surface area contributed by atoms with Crippen molar-refractivity contribution in [2.75, 3.05) is 45.9 Å². The Balaban J connectivity index is 1.29. The molecule has 0 aromatic heterocycles. The molecule has 1 fully saturated rings. The van der Waals surface area contributed by atoms with Crippen molar-refractivity contribution in [1.29, 1.82) is 0 Å². The van der Waals surface area contributed by atoms with E-state index >= 15 is 0 Å². The van der Waals surface area contributed by atoms with Gasteiger partial charge < -0.3 is 10.1 Å². The van der Waals surface area contributed by atoms with Gasteiger partial charge in [0.15, 0.2) is 6.61 Å². The van der Waals surface area contributed by atoms with E-state index in [9.17, 15) is 18.0 Å². The molecule has 1 N–H and O–H groups in total. The molecular formula is C22H26F3N3O2. The molecule has 30 heavy (non-hydrogen) atoms. The minimum absolute atomic E-state index is 0.226. The van der Waals surface area contributed by atoms with Gasteiger partial charge in [-0.15, -0.1) is 0 Å². The Kier molecular flexibility index (Phi) is 7.70. The van der Waals surface area contributed by atoms with E-state index in [0.717, 1.165) is 51.4 Å². The van der Waals surface area contributed by atoms with Crippen LogP contribution in [0.4, 0.5) is 13.2 Å². The molecule has 3 rings (SSSR count). The second-order valence-electron chi connectivity index (χ2n) is 7.26. The Morgan fingerprint density at radius 3 is 2.20 bits per heavy atom. The Hall–Kier alpha value is -2.58. The van der Waals surface area contributed by atoms with Crippen molar-refractivity contribution in [3.05, 3.63) is 65.7 Å². The zero-order chi connectivity index (χ0) is 21.4. The van der Waals surface area contributed by atoms with Gasteiger partial charge in [-0.1, -0.05) is 30.3 Å². The van der Waals surface area contributed by atoms with Gasteiger partial charge in [0.05, 0.1) is 5.56 Å². The highest BCUT2D eigenvalue weighted by Gasteiger charge is 2.30. The molecule has 162 valence electrons. The minimum Gasteiger partial charge on any atom is -0.484 e. The summed E-state index contributed by atoms with van der Waals surface area (Å²) in [5, 5.41) is 2.79. The molecular weight excluding hydrogens is 395 g/mol. The van der Waals surface area contributed by atoms with E-state index in [2.05, 4.69) is 39.4 Å².